The van der Waals surface area contributed by atoms with Crippen LogP contribution in [0.1, 0.15) is 32.6 Å². The smallest absolute Gasteiger partial charge is 0.243 e. The third kappa shape index (κ3) is 3.45. The highest BCUT2D eigenvalue weighted by Crippen LogP contribution is 2.27. The van der Waals surface area contributed by atoms with Crippen molar-refractivity contribution in [2.75, 3.05) is 29.7 Å². The lowest BCUT2D eigenvalue weighted by Crippen LogP contribution is -2.39. The molecule has 134 valence electrons. The van der Waals surface area contributed by atoms with Gasteiger partial charge in [0.2, 0.25) is 20.0 Å². The van der Waals surface area contributed by atoms with Gasteiger partial charge in [-0.05, 0) is 55.9 Å². The van der Waals surface area contributed by atoms with Gasteiger partial charge in [-0.1, -0.05) is 6.92 Å². The molecule has 0 bridgehead atoms. The number of anilines is 1. The van der Waals surface area contributed by atoms with Gasteiger partial charge in [0.05, 0.1) is 16.3 Å². The fourth-order valence-corrected chi connectivity index (χ4v) is 6.61. The van der Waals surface area contributed by atoms with Gasteiger partial charge in [-0.3, -0.25) is 4.31 Å². The Morgan fingerprint density at radius 1 is 1.04 bits per heavy atom. The highest BCUT2D eigenvalue weighted by atomic mass is 32.2. The maximum atomic E-state index is 12.7. The van der Waals surface area contributed by atoms with Crippen LogP contribution in [0, 0.1) is 5.92 Å². The van der Waals surface area contributed by atoms with Crippen LogP contribution in [0.15, 0.2) is 29.2 Å². The lowest BCUT2D eigenvalue weighted by Gasteiger charge is -2.30. The minimum Gasteiger partial charge on any atom is -0.270 e. The van der Waals surface area contributed by atoms with Crippen LogP contribution < -0.4 is 4.31 Å². The number of hydrogen-bond donors (Lipinski definition) is 0. The number of piperidine rings is 1. The average molecular weight is 373 g/mol. The zero-order valence-electron chi connectivity index (χ0n) is 13.9. The monoisotopic (exact) mass is 372 g/mol. The maximum Gasteiger partial charge on any atom is 0.243 e. The molecule has 0 spiro atoms. The molecule has 2 saturated heterocycles. The second kappa shape index (κ2) is 6.65. The quantitative estimate of drug-likeness (QED) is 0.814. The Bertz CT molecular complexity index is 788. The van der Waals surface area contributed by atoms with Crippen molar-refractivity contribution in [3.05, 3.63) is 24.3 Å². The van der Waals surface area contributed by atoms with Gasteiger partial charge in [0.25, 0.3) is 0 Å². The molecule has 0 saturated carbocycles. The minimum atomic E-state index is -3.51. The van der Waals surface area contributed by atoms with Crippen LogP contribution in [0.5, 0.6) is 0 Å². The van der Waals surface area contributed by atoms with E-state index in [1.807, 2.05) is 0 Å². The van der Waals surface area contributed by atoms with E-state index in [0.717, 1.165) is 19.3 Å². The standard InChI is InChI=1S/C16H24N2O4S2/c1-14-5-4-10-17(13-14)24(21,22)16-8-6-15(7-9-16)18-11-2-3-12-23(18,19)20/h6-9,14H,2-5,10-13H2,1H3/t14-/m1/s1. The molecule has 0 amide bonds. The molecule has 2 aliphatic rings. The Balaban J connectivity index is 1.84. The molecule has 0 unspecified atom stereocenters. The van der Waals surface area contributed by atoms with E-state index in [2.05, 4.69) is 6.92 Å². The second-order valence-corrected chi connectivity index (χ2v) is 10.7. The normalized spacial score (nSPS) is 25.5. The van der Waals surface area contributed by atoms with Crippen LogP contribution in [0.25, 0.3) is 0 Å². The topological polar surface area (TPSA) is 74.8 Å². The first-order valence-corrected chi connectivity index (χ1v) is 11.5. The van der Waals surface area contributed by atoms with Crippen LogP contribution >= 0.6 is 0 Å². The van der Waals surface area contributed by atoms with Gasteiger partial charge in [-0.15, -0.1) is 0 Å². The van der Waals surface area contributed by atoms with Crippen molar-refractivity contribution in [1.82, 2.24) is 4.31 Å². The van der Waals surface area contributed by atoms with Crippen molar-refractivity contribution < 1.29 is 16.8 Å². The summed E-state index contributed by atoms with van der Waals surface area (Å²) >= 11 is 0. The fraction of sp³-hybridized carbons (Fsp3) is 0.625. The van der Waals surface area contributed by atoms with Gasteiger partial charge in [0.1, 0.15) is 0 Å². The van der Waals surface area contributed by atoms with Crippen LogP contribution in [0.2, 0.25) is 0 Å². The molecule has 0 N–H and O–H groups in total. The summed E-state index contributed by atoms with van der Waals surface area (Å²) in [5.41, 5.74) is 0.542. The number of benzene rings is 1. The van der Waals surface area contributed by atoms with Crippen LogP contribution in [0.4, 0.5) is 5.69 Å². The molecule has 1 aromatic carbocycles. The van der Waals surface area contributed by atoms with E-state index in [1.54, 1.807) is 12.1 Å². The number of sulfonamides is 2. The van der Waals surface area contributed by atoms with E-state index in [4.69, 9.17) is 0 Å². The van der Waals surface area contributed by atoms with E-state index in [9.17, 15) is 16.8 Å². The molecule has 8 heteroatoms. The summed E-state index contributed by atoms with van der Waals surface area (Å²) < 4.78 is 52.7. The molecule has 1 aromatic rings. The fourth-order valence-electron chi connectivity index (χ4n) is 3.38. The summed E-state index contributed by atoms with van der Waals surface area (Å²) in [5.74, 6) is 0.518. The summed E-state index contributed by atoms with van der Waals surface area (Å²) in [6.45, 7) is 3.61. The van der Waals surface area contributed by atoms with Gasteiger partial charge < -0.3 is 0 Å². The predicted octanol–water partition coefficient (Wildman–Crippen LogP) is 2.04. The first kappa shape index (κ1) is 17.7. The van der Waals surface area contributed by atoms with Crippen LogP contribution in [-0.4, -0.2) is 46.5 Å². The maximum absolute atomic E-state index is 12.7. The summed E-state index contributed by atoms with van der Waals surface area (Å²) in [5, 5.41) is 0. The number of rotatable bonds is 3. The van der Waals surface area contributed by atoms with Crippen LogP contribution in [0.3, 0.4) is 0 Å². The van der Waals surface area contributed by atoms with Gasteiger partial charge in [0, 0.05) is 19.6 Å². The van der Waals surface area contributed by atoms with Crippen molar-refractivity contribution >= 4 is 25.7 Å². The molecule has 24 heavy (non-hydrogen) atoms. The first-order valence-electron chi connectivity index (χ1n) is 8.41. The van der Waals surface area contributed by atoms with Gasteiger partial charge in [-0.2, -0.15) is 4.31 Å². The third-order valence-corrected chi connectivity index (χ3v) is 8.48. The Morgan fingerprint density at radius 3 is 2.38 bits per heavy atom. The number of hydrogen-bond acceptors (Lipinski definition) is 4. The SMILES string of the molecule is C[C@@H]1CCCN(S(=O)(=O)c2ccc(N3CCCCS3(=O)=O)cc2)C1. The van der Waals surface area contributed by atoms with E-state index < -0.39 is 20.0 Å². The van der Waals surface area contributed by atoms with Crippen molar-refractivity contribution in [2.24, 2.45) is 5.92 Å². The summed E-state index contributed by atoms with van der Waals surface area (Å²) in [4.78, 5) is 0.231. The molecule has 2 aliphatic heterocycles. The van der Waals surface area contributed by atoms with Gasteiger partial charge >= 0.3 is 0 Å². The molecule has 0 aromatic heterocycles. The van der Waals surface area contributed by atoms with Gasteiger partial charge in [0.15, 0.2) is 0 Å². The Morgan fingerprint density at radius 2 is 1.75 bits per heavy atom. The molecule has 1 atom stereocenters. The van der Waals surface area contributed by atoms with Crippen molar-refractivity contribution in [3.8, 4) is 0 Å². The van der Waals surface area contributed by atoms with E-state index in [1.165, 1.54) is 20.7 Å². The zero-order valence-corrected chi connectivity index (χ0v) is 15.5. The highest BCUT2D eigenvalue weighted by Gasteiger charge is 2.30. The lowest BCUT2D eigenvalue weighted by molar-refractivity contribution is 0.281. The lowest BCUT2D eigenvalue weighted by atomic mass is 10.0. The molecule has 2 heterocycles. The Kier molecular flexibility index (Phi) is 4.90. The molecule has 2 fully saturated rings. The van der Waals surface area contributed by atoms with Crippen molar-refractivity contribution in [2.45, 2.75) is 37.5 Å². The molecule has 0 radical (unpaired) electrons. The zero-order chi connectivity index (χ0) is 17.4. The second-order valence-electron chi connectivity index (χ2n) is 6.70. The molecule has 0 aliphatic carbocycles. The number of nitrogens with zero attached hydrogens (tertiary/aromatic N) is 2. The molecule has 6 nitrogen and oxygen atoms in total. The van der Waals surface area contributed by atoms with Crippen molar-refractivity contribution in [3.63, 3.8) is 0 Å². The van der Waals surface area contributed by atoms with Gasteiger partial charge in [-0.25, -0.2) is 16.8 Å². The predicted molar refractivity (Wildman–Crippen MR) is 94.0 cm³/mol. The van der Waals surface area contributed by atoms with Crippen LogP contribution in [-0.2, 0) is 20.0 Å². The molecular formula is C16H24N2O4S2. The van der Waals surface area contributed by atoms with E-state index in [-0.39, 0.29) is 10.6 Å². The third-order valence-electron chi connectivity index (χ3n) is 4.73. The van der Waals surface area contributed by atoms with E-state index >= 15 is 0 Å². The Hall–Kier alpha value is -1.12. The Labute approximate surface area is 144 Å². The largest absolute Gasteiger partial charge is 0.270 e. The minimum absolute atomic E-state index is 0.152. The van der Waals surface area contributed by atoms with E-state index in [0.29, 0.717) is 37.7 Å². The van der Waals surface area contributed by atoms with Crippen molar-refractivity contribution in [1.29, 1.82) is 0 Å². The highest BCUT2D eigenvalue weighted by molar-refractivity contribution is 7.92. The summed E-state index contributed by atoms with van der Waals surface area (Å²) in [7, 11) is -6.79. The molecule has 3 rings (SSSR count). The molecular weight excluding hydrogens is 348 g/mol. The summed E-state index contributed by atoms with van der Waals surface area (Å²) in [6.07, 6.45) is 3.44. The first-order chi connectivity index (χ1) is 11.3. The average Bonchev–Trinajstić information content (AvgIpc) is 2.54. The summed E-state index contributed by atoms with van der Waals surface area (Å²) in [6, 6.07) is 6.24.